The van der Waals surface area contributed by atoms with Crippen molar-refractivity contribution in [3.8, 4) is 11.5 Å². The Morgan fingerprint density at radius 3 is 2.44 bits per heavy atom. The SMILES string of the molecule is COc1cc(/C=C/C(=O)Nc2c(C)cc(C)cc2C)cc(Br)c1OCc1ccccc1F. The molecule has 1 amide bonds. The van der Waals surface area contributed by atoms with Crippen LogP contribution in [0.2, 0.25) is 0 Å². The molecule has 0 fully saturated rings. The first-order chi connectivity index (χ1) is 15.3. The number of carbonyl (C=O) groups excluding carboxylic acids is 1. The first-order valence-corrected chi connectivity index (χ1v) is 10.9. The Labute approximate surface area is 196 Å². The zero-order valence-corrected chi connectivity index (χ0v) is 20.0. The summed E-state index contributed by atoms with van der Waals surface area (Å²) in [6, 6.07) is 14.1. The zero-order valence-electron chi connectivity index (χ0n) is 18.5. The molecule has 0 aliphatic rings. The number of amides is 1. The lowest BCUT2D eigenvalue weighted by atomic mass is 10.1. The zero-order chi connectivity index (χ0) is 23.3. The number of hydrogen-bond donors (Lipinski definition) is 1. The van der Waals surface area contributed by atoms with E-state index in [1.165, 1.54) is 19.3 Å². The summed E-state index contributed by atoms with van der Waals surface area (Å²) in [6.07, 6.45) is 3.17. The van der Waals surface area contributed by atoms with Crippen LogP contribution in [-0.4, -0.2) is 13.0 Å². The largest absolute Gasteiger partial charge is 0.493 e. The van der Waals surface area contributed by atoms with Gasteiger partial charge in [-0.25, -0.2) is 4.39 Å². The quantitative estimate of drug-likeness (QED) is 0.367. The molecule has 0 heterocycles. The lowest BCUT2D eigenvalue weighted by molar-refractivity contribution is -0.111. The van der Waals surface area contributed by atoms with Gasteiger partial charge in [-0.1, -0.05) is 35.9 Å². The van der Waals surface area contributed by atoms with Gasteiger partial charge in [0.05, 0.1) is 11.6 Å². The molecule has 0 atom stereocenters. The van der Waals surface area contributed by atoms with Gasteiger partial charge in [0.2, 0.25) is 5.91 Å². The van der Waals surface area contributed by atoms with E-state index in [9.17, 15) is 9.18 Å². The Balaban J connectivity index is 1.74. The molecule has 0 unspecified atom stereocenters. The van der Waals surface area contributed by atoms with Crippen molar-refractivity contribution in [2.24, 2.45) is 0 Å². The molecule has 0 radical (unpaired) electrons. The number of rotatable bonds is 7. The smallest absolute Gasteiger partial charge is 0.248 e. The molecular weight excluding hydrogens is 473 g/mol. The number of hydrogen-bond acceptors (Lipinski definition) is 3. The average molecular weight is 498 g/mol. The molecule has 3 rings (SSSR count). The van der Waals surface area contributed by atoms with Gasteiger partial charge in [-0.05, 0) is 77.7 Å². The number of methoxy groups -OCH3 is 1. The summed E-state index contributed by atoms with van der Waals surface area (Å²) in [4.78, 5) is 12.5. The van der Waals surface area contributed by atoms with Crippen LogP contribution in [0.5, 0.6) is 11.5 Å². The van der Waals surface area contributed by atoms with Crippen molar-refractivity contribution in [2.45, 2.75) is 27.4 Å². The lowest BCUT2D eigenvalue weighted by Crippen LogP contribution is -2.10. The second-order valence-corrected chi connectivity index (χ2v) is 8.36. The summed E-state index contributed by atoms with van der Waals surface area (Å²) >= 11 is 3.48. The van der Waals surface area contributed by atoms with Crippen LogP contribution in [0.15, 0.2) is 59.1 Å². The highest BCUT2D eigenvalue weighted by molar-refractivity contribution is 9.10. The highest BCUT2D eigenvalue weighted by Gasteiger charge is 2.13. The first kappa shape index (κ1) is 23.5. The third-order valence-electron chi connectivity index (χ3n) is 4.93. The maximum atomic E-state index is 13.9. The molecule has 166 valence electrons. The lowest BCUT2D eigenvalue weighted by Gasteiger charge is -2.14. The van der Waals surface area contributed by atoms with Gasteiger partial charge < -0.3 is 14.8 Å². The van der Waals surface area contributed by atoms with Crippen molar-refractivity contribution < 1.29 is 18.7 Å². The van der Waals surface area contributed by atoms with Gasteiger partial charge in [0, 0.05) is 17.3 Å². The van der Waals surface area contributed by atoms with Crippen LogP contribution in [-0.2, 0) is 11.4 Å². The number of aryl methyl sites for hydroxylation is 3. The molecule has 3 aromatic carbocycles. The highest BCUT2D eigenvalue weighted by Crippen LogP contribution is 2.37. The molecular formula is C26H25BrFNO3. The summed E-state index contributed by atoms with van der Waals surface area (Å²) in [6.45, 7) is 6.04. The predicted octanol–water partition coefficient (Wildman–Crippen LogP) is 6.75. The summed E-state index contributed by atoms with van der Waals surface area (Å²) < 4.78 is 25.8. The van der Waals surface area contributed by atoms with Crippen LogP contribution in [0.3, 0.4) is 0 Å². The third-order valence-corrected chi connectivity index (χ3v) is 5.52. The second-order valence-electron chi connectivity index (χ2n) is 7.51. The highest BCUT2D eigenvalue weighted by atomic mass is 79.9. The van der Waals surface area contributed by atoms with Gasteiger partial charge in [-0.15, -0.1) is 0 Å². The number of nitrogens with one attached hydrogen (secondary N) is 1. The fourth-order valence-electron chi connectivity index (χ4n) is 3.46. The fourth-order valence-corrected chi connectivity index (χ4v) is 4.03. The van der Waals surface area contributed by atoms with Crippen LogP contribution >= 0.6 is 15.9 Å². The predicted molar refractivity (Wildman–Crippen MR) is 130 cm³/mol. The number of anilines is 1. The maximum absolute atomic E-state index is 13.9. The summed E-state index contributed by atoms with van der Waals surface area (Å²) in [7, 11) is 1.53. The van der Waals surface area contributed by atoms with Crippen molar-refractivity contribution in [3.05, 3.63) is 92.7 Å². The maximum Gasteiger partial charge on any atom is 0.248 e. The van der Waals surface area contributed by atoms with Crippen LogP contribution in [0.4, 0.5) is 10.1 Å². The van der Waals surface area contributed by atoms with E-state index in [0.717, 1.165) is 27.9 Å². The Kier molecular flexibility index (Phi) is 7.70. The van der Waals surface area contributed by atoms with E-state index < -0.39 is 0 Å². The molecule has 1 N–H and O–H groups in total. The van der Waals surface area contributed by atoms with Gasteiger partial charge >= 0.3 is 0 Å². The topological polar surface area (TPSA) is 47.6 Å². The van der Waals surface area contributed by atoms with Crippen molar-refractivity contribution in [3.63, 3.8) is 0 Å². The van der Waals surface area contributed by atoms with Crippen molar-refractivity contribution in [2.75, 3.05) is 12.4 Å². The Hall–Kier alpha value is -3.12. The van der Waals surface area contributed by atoms with Gasteiger partial charge in [-0.3, -0.25) is 4.79 Å². The first-order valence-electron chi connectivity index (χ1n) is 10.1. The van der Waals surface area contributed by atoms with Crippen molar-refractivity contribution in [1.29, 1.82) is 0 Å². The molecule has 32 heavy (non-hydrogen) atoms. The van der Waals surface area contributed by atoms with Gasteiger partial charge in [0.1, 0.15) is 12.4 Å². The molecule has 6 heteroatoms. The van der Waals surface area contributed by atoms with Crippen molar-refractivity contribution in [1.82, 2.24) is 0 Å². The minimum Gasteiger partial charge on any atom is -0.493 e. The van der Waals surface area contributed by atoms with E-state index in [0.29, 0.717) is 21.5 Å². The van der Waals surface area contributed by atoms with E-state index in [1.54, 1.807) is 30.3 Å². The summed E-state index contributed by atoms with van der Waals surface area (Å²) in [5.41, 5.74) is 5.21. The van der Waals surface area contributed by atoms with E-state index in [4.69, 9.17) is 9.47 Å². The molecule has 3 aromatic rings. The third kappa shape index (κ3) is 5.77. The van der Waals surface area contributed by atoms with E-state index in [2.05, 4.69) is 21.2 Å². The monoisotopic (exact) mass is 497 g/mol. The number of ether oxygens (including phenoxy) is 2. The van der Waals surface area contributed by atoms with Crippen LogP contribution in [0.25, 0.3) is 6.08 Å². The Bertz CT molecular complexity index is 1150. The minimum atomic E-state index is -0.327. The Morgan fingerprint density at radius 1 is 1.09 bits per heavy atom. The summed E-state index contributed by atoms with van der Waals surface area (Å²) in [5, 5.41) is 2.95. The fraction of sp³-hybridized carbons (Fsp3) is 0.192. The molecule has 0 aliphatic carbocycles. The summed E-state index contributed by atoms with van der Waals surface area (Å²) in [5.74, 6) is 0.381. The normalized spacial score (nSPS) is 10.9. The van der Waals surface area contributed by atoms with Gasteiger partial charge in [-0.2, -0.15) is 0 Å². The van der Waals surface area contributed by atoms with Crippen LogP contribution in [0.1, 0.15) is 27.8 Å². The van der Waals surface area contributed by atoms with Gasteiger partial charge in [0.25, 0.3) is 0 Å². The molecule has 4 nitrogen and oxygen atoms in total. The van der Waals surface area contributed by atoms with Crippen LogP contribution < -0.4 is 14.8 Å². The van der Waals surface area contributed by atoms with Crippen LogP contribution in [0, 0.1) is 26.6 Å². The number of halogens is 2. The standard InChI is InChI=1S/C26H25BrFNO3/c1-16-11-17(2)25(18(3)12-16)29-24(30)10-9-19-13-21(27)26(23(14-19)31-4)32-15-20-7-5-6-8-22(20)28/h5-14H,15H2,1-4H3,(H,29,30)/b10-9+. The molecule has 0 saturated heterocycles. The molecule has 0 saturated carbocycles. The minimum absolute atomic E-state index is 0.0640. The molecule has 0 aliphatic heterocycles. The van der Waals surface area contributed by atoms with E-state index in [-0.39, 0.29) is 18.3 Å². The van der Waals surface area contributed by atoms with Gasteiger partial charge in [0.15, 0.2) is 11.5 Å². The number of carbonyl (C=O) groups is 1. The molecule has 0 aromatic heterocycles. The molecule has 0 spiro atoms. The van der Waals surface area contributed by atoms with E-state index >= 15 is 0 Å². The average Bonchev–Trinajstić information content (AvgIpc) is 2.74. The molecule has 0 bridgehead atoms. The Morgan fingerprint density at radius 2 is 1.78 bits per heavy atom. The van der Waals surface area contributed by atoms with Crippen molar-refractivity contribution >= 4 is 33.6 Å². The van der Waals surface area contributed by atoms with E-state index in [1.807, 2.05) is 39.0 Å². The second kappa shape index (κ2) is 10.5. The number of benzene rings is 3.